The Morgan fingerprint density at radius 2 is 1.61 bits per heavy atom. The zero-order valence-electron chi connectivity index (χ0n) is 9.48. The van der Waals surface area contributed by atoms with Crippen LogP contribution in [0.2, 0.25) is 5.02 Å². The minimum Gasteiger partial charge on any atom is -0.135 e. The van der Waals surface area contributed by atoms with Crippen molar-refractivity contribution in [2.75, 3.05) is 0 Å². The number of hydrogen-bond donors (Lipinski definition) is 0. The Hall–Kier alpha value is -1.57. The van der Waals surface area contributed by atoms with Crippen molar-refractivity contribution in [3.05, 3.63) is 59.6 Å². The largest absolute Gasteiger partial charge is 0.135 e. The number of thiophene rings is 1. The summed E-state index contributed by atoms with van der Waals surface area (Å²) in [6, 6.07) is 19.1. The van der Waals surface area contributed by atoms with Crippen LogP contribution in [-0.2, 0) is 0 Å². The highest BCUT2D eigenvalue weighted by molar-refractivity contribution is 7.25. The van der Waals surface area contributed by atoms with Crippen LogP contribution in [0, 0.1) is 0 Å². The summed E-state index contributed by atoms with van der Waals surface area (Å²) in [5.41, 5.74) is 0. The van der Waals surface area contributed by atoms with Gasteiger partial charge in [0, 0.05) is 25.2 Å². The van der Waals surface area contributed by atoms with Gasteiger partial charge in [-0.2, -0.15) is 0 Å². The molecule has 0 atom stereocenters. The van der Waals surface area contributed by atoms with E-state index in [4.69, 9.17) is 11.6 Å². The molecule has 1 heterocycles. The number of rotatable bonds is 0. The number of hydrogen-bond acceptors (Lipinski definition) is 1. The van der Waals surface area contributed by atoms with Crippen LogP contribution >= 0.6 is 22.9 Å². The summed E-state index contributed by atoms with van der Waals surface area (Å²) in [5.74, 6) is 0. The minimum absolute atomic E-state index is 0.793. The number of fused-ring (bicyclic) bond motifs is 4. The molecule has 0 radical (unpaired) electrons. The first kappa shape index (κ1) is 10.4. The highest BCUT2D eigenvalue weighted by Gasteiger charge is 2.06. The quantitative estimate of drug-likeness (QED) is 0.375. The second-order valence-corrected chi connectivity index (χ2v) is 5.96. The van der Waals surface area contributed by atoms with Gasteiger partial charge in [0.1, 0.15) is 0 Å². The lowest BCUT2D eigenvalue weighted by Crippen LogP contribution is -1.73. The molecule has 0 saturated heterocycles. The number of halogens is 1. The van der Waals surface area contributed by atoms with E-state index in [-0.39, 0.29) is 0 Å². The molecule has 0 unspecified atom stereocenters. The maximum atomic E-state index is 6.06. The van der Waals surface area contributed by atoms with E-state index in [2.05, 4.69) is 42.5 Å². The maximum absolute atomic E-state index is 6.06. The summed E-state index contributed by atoms with van der Waals surface area (Å²) in [4.78, 5) is 0. The van der Waals surface area contributed by atoms with Gasteiger partial charge >= 0.3 is 0 Å². The third-order valence-corrected chi connectivity index (χ3v) is 4.67. The molecule has 0 saturated carbocycles. The fourth-order valence-corrected chi connectivity index (χ4v) is 3.76. The molecule has 0 aliphatic carbocycles. The molecule has 0 aliphatic heterocycles. The van der Waals surface area contributed by atoms with Gasteiger partial charge in [-0.3, -0.25) is 0 Å². The fraction of sp³-hybridized carbons (Fsp3) is 0. The predicted molar refractivity (Wildman–Crippen MR) is 81.8 cm³/mol. The third-order valence-electron chi connectivity index (χ3n) is 3.30. The van der Waals surface area contributed by atoms with Gasteiger partial charge in [0.05, 0.1) is 0 Å². The van der Waals surface area contributed by atoms with Crippen LogP contribution in [0.3, 0.4) is 0 Å². The van der Waals surface area contributed by atoms with Gasteiger partial charge in [0.15, 0.2) is 0 Å². The second kappa shape index (κ2) is 3.71. The molecule has 0 nitrogen and oxygen atoms in total. The molecular weight excluding hydrogens is 260 g/mol. The van der Waals surface area contributed by atoms with E-state index in [1.165, 1.54) is 30.9 Å². The van der Waals surface area contributed by atoms with Crippen LogP contribution in [-0.4, -0.2) is 0 Å². The summed E-state index contributed by atoms with van der Waals surface area (Å²) >= 11 is 7.91. The van der Waals surface area contributed by atoms with E-state index in [1.54, 1.807) is 0 Å². The van der Waals surface area contributed by atoms with E-state index in [9.17, 15) is 0 Å². The smallest absolute Gasteiger partial charge is 0.0412 e. The summed E-state index contributed by atoms with van der Waals surface area (Å²) < 4.78 is 2.68. The van der Waals surface area contributed by atoms with Crippen molar-refractivity contribution in [2.24, 2.45) is 0 Å². The molecule has 4 aromatic rings. The molecule has 0 N–H and O–H groups in total. The Morgan fingerprint density at radius 3 is 2.56 bits per heavy atom. The summed E-state index contributed by atoms with van der Waals surface area (Å²) in [6.45, 7) is 0. The summed E-state index contributed by atoms with van der Waals surface area (Å²) in [7, 11) is 0. The van der Waals surface area contributed by atoms with Crippen molar-refractivity contribution in [3.8, 4) is 0 Å². The molecule has 18 heavy (non-hydrogen) atoms. The van der Waals surface area contributed by atoms with Crippen molar-refractivity contribution in [2.45, 2.75) is 0 Å². The van der Waals surface area contributed by atoms with Gasteiger partial charge in [0.25, 0.3) is 0 Å². The zero-order valence-corrected chi connectivity index (χ0v) is 11.1. The average molecular weight is 269 g/mol. The Morgan fingerprint density at radius 1 is 0.722 bits per heavy atom. The topological polar surface area (TPSA) is 0 Å². The van der Waals surface area contributed by atoms with Crippen LogP contribution < -0.4 is 0 Å². The van der Waals surface area contributed by atoms with E-state index in [0.29, 0.717) is 0 Å². The van der Waals surface area contributed by atoms with Gasteiger partial charge in [-0.05, 0) is 41.1 Å². The van der Waals surface area contributed by atoms with Crippen molar-refractivity contribution in [1.82, 2.24) is 0 Å². The molecule has 86 valence electrons. The molecule has 2 heteroatoms. The normalized spacial score (nSPS) is 11.6. The summed E-state index contributed by atoms with van der Waals surface area (Å²) in [6.07, 6.45) is 0. The first-order valence-electron chi connectivity index (χ1n) is 5.82. The lowest BCUT2D eigenvalue weighted by molar-refractivity contribution is 1.81. The van der Waals surface area contributed by atoms with Crippen molar-refractivity contribution in [3.63, 3.8) is 0 Å². The van der Waals surface area contributed by atoms with Gasteiger partial charge in [-0.15, -0.1) is 11.3 Å². The molecule has 0 aliphatic rings. The molecule has 0 bridgehead atoms. The van der Waals surface area contributed by atoms with Gasteiger partial charge in [-0.25, -0.2) is 0 Å². The molecule has 0 fully saturated rings. The minimum atomic E-state index is 0.793. The van der Waals surface area contributed by atoms with Crippen molar-refractivity contribution in [1.29, 1.82) is 0 Å². The second-order valence-electron chi connectivity index (χ2n) is 4.44. The monoisotopic (exact) mass is 268 g/mol. The molecule has 1 aromatic heterocycles. The lowest BCUT2D eigenvalue weighted by atomic mass is 10.1. The fourth-order valence-electron chi connectivity index (χ4n) is 2.44. The van der Waals surface area contributed by atoms with Gasteiger partial charge < -0.3 is 0 Å². The predicted octanol–water partition coefficient (Wildman–Crippen LogP) is 5.86. The van der Waals surface area contributed by atoms with Crippen LogP contribution in [0.25, 0.3) is 30.9 Å². The third kappa shape index (κ3) is 1.45. The standard InChI is InChI=1S/C16H9ClS/c17-12-6-5-10-9-16-14(8-11(10)7-12)13-3-1-2-4-15(13)18-16/h1-9H. The van der Waals surface area contributed by atoms with Gasteiger partial charge in [0.2, 0.25) is 0 Å². The molecule has 0 amide bonds. The Balaban J connectivity index is 2.24. The van der Waals surface area contributed by atoms with Crippen LogP contribution in [0.15, 0.2) is 54.6 Å². The molecule has 0 spiro atoms. The zero-order chi connectivity index (χ0) is 12.1. The average Bonchev–Trinajstić information content (AvgIpc) is 2.74. The molecule has 3 aromatic carbocycles. The Labute approximate surface area is 113 Å². The van der Waals surface area contributed by atoms with Crippen LogP contribution in [0.5, 0.6) is 0 Å². The van der Waals surface area contributed by atoms with Crippen molar-refractivity contribution >= 4 is 53.9 Å². The Bertz CT molecular complexity index is 889. The van der Waals surface area contributed by atoms with Crippen molar-refractivity contribution < 1.29 is 0 Å². The van der Waals surface area contributed by atoms with E-state index >= 15 is 0 Å². The Kier molecular flexibility index (Phi) is 2.14. The van der Waals surface area contributed by atoms with Gasteiger partial charge in [-0.1, -0.05) is 35.9 Å². The van der Waals surface area contributed by atoms with E-state index in [0.717, 1.165) is 5.02 Å². The highest BCUT2D eigenvalue weighted by atomic mass is 35.5. The lowest BCUT2D eigenvalue weighted by Gasteiger charge is -1.99. The van der Waals surface area contributed by atoms with Crippen LogP contribution in [0.1, 0.15) is 0 Å². The van der Waals surface area contributed by atoms with Crippen LogP contribution in [0.4, 0.5) is 0 Å². The first-order valence-corrected chi connectivity index (χ1v) is 7.01. The maximum Gasteiger partial charge on any atom is 0.0412 e. The van der Waals surface area contributed by atoms with E-state index in [1.807, 2.05) is 23.5 Å². The summed E-state index contributed by atoms with van der Waals surface area (Å²) in [5, 5.41) is 5.91. The van der Waals surface area contributed by atoms with E-state index < -0.39 is 0 Å². The first-order chi connectivity index (χ1) is 8.81. The number of benzene rings is 3. The molecule has 4 rings (SSSR count). The SMILES string of the molecule is Clc1ccc2cc3sc4ccccc4c3cc2c1. The molecular formula is C16H9ClS. The highest BCUT2D eigenvalue weighted by Crippen LogP contribution is 2.36.